The van der Waals surface area contributed by atoms with E-state index >= 15 is 0 Å². The highest BCUT2D eigenvalue weighted by atomic mass is 16.6. The van der Waals surface area contributed by atoms with E-state index in [1.807, 2.05) is 0 Å². The second-order valence-corrected chi connectivity index (χ2v) is 11.3. The van der Waals surface area contributed by atoms with Gasteiger partial charge in [-0.2, -0.15) is 0 Å². The minimum Gasteiger partial charge on any atom is -0.379 e. The van der Waals surface area contributed by atoms with Gasteiger partial charge in [-0.05, 0) is 37.8 Å². The number of carbonyl (C=O) groups excluding carboxylic acids is 5. The van der Waals surface area contributed by atoms with E-state index in [-0.39, 0.29) is 42.0 Å². The Balaban J connectivity index is 1.18. The number of piperidine rings is 1. The third-order valence-corrected chi connectivity index (χ3v) is 7.69. The van der Waals surface area contributed by atoms with Crippen molar-refractivity contribution in [2.45, 2.75) is 90.0 Å². The summed E-state index contributed by atoms with van der Waals surface area (Å²) in [5, 5.41) is 4.91. The zero-order valence-corrected chi connectivity index (χ0v) is 26.6. The van der Waals surface area contributed by atoms with Crippen LogP contribution in [0.3, 0.4) is 0 Å². The number of carbonyl (C=O) groups is 5. The van der Waals surface area contributed by atoms with Gasteiger partial charge in [0, 0.05) is 26.1 Å². The van der Waals surface area contributed by atoms with Crippen LogP contribution in [0.25, 0.3) is 0 Å². The second kappa shape index (κ2) is 20.8. The van der Waals surface area contributed by atoms with E-state index in [1.165, 1.54) is 38.2 Å². The smallest absolute Gasteiger partial charge is 0.264 e. The molecule has 0 radical (unpaired) electrons. The Morgan fingerprint density at radius 1 is 0.778 bits per heavy atom. The van der Waals surface area contributed by atoms with Crippen LogP contribution in [0.1, 0.15) is 105 Å². The van der Waals surface area contributed by atoms with Crippen molar-refractivity contribution in [3.63, 3.8) is 0 Å². The third kappa shape index (κ3) is 12.3. The molecule has 12 nitrogen and oxygen atoms in total. The largest absolute Gasteiger partial charge is 0.379 e. The summed E-state index contributed by atoms with van der Waals surface area (Å²) in [5.74, 6) is -2.66. The molecule has 0 bridgehead atoms. The number of ether oxygens (including phenoxy) is 4. The van der Waals surface area contributed by atoms with E-state index in [2.05, 4.69) is 17.6 Å². The maximum absolute atomic E-state index is 13.1. The van der Waals surface area contributed by atoms with Crippen LogP contribution in [0.15, 0.2) is 18.2 Å². The number of nitrogens with zero attached hydrogens (tertiary/aromatic N) is 1. The SMILES string of the molecule is CCCCCCCCOCCOCCOCCOCCCCCC(=O)Nc1cccc2c1C(=O)N(C1CCC(=O)NC1=O)C2=O. The fourth-order valence-electron chi connectivity index (χ4n) is 5.24. The molecule has 1 fully saturated rings. The lowest BCUT2D eigenvalue weighted by molar-refractivity contribution is -0.136. The topological polar surface area (TPSA) is 150 Å². The highest BCUT2D eigenvalue weighted by molar-refractivity contribution is 6.26. The molecule has 1 aromatic rings. The summed E-state index contributed by atoms with van der Waals surface area (Å²) in [5.41, 5.74) is 0.423. The predicted molar refractivity (Wildman–Crippen MR) is 167 cm³/mol. The summed E-state index contributed by atoms with van der Waals surface area (Å²) < 4.78 is 22.2. The normalized spacial score (nSPS) is 16.3. The average molecular weight is 632 g/mol. The molecular weight excluding hydrogens is 582 g/mol. The minimum atomic E-state index is -1.06. The van der Waals surface area contributed by atoms with Gasteiger partial charge in [-0.1, -0.05) is 51.5 Å². The second-order valence-electron chi connectivity index (χ2n) is 11.3. The lowest BCUT2D eigenvalue weighted by atomic mass is 10.0. The van der Waals surface area contributed by atoms with Crippen molar-refractivity contribution in [1.29, 1.82) is 0 Å². The van der Waals surface area contributed by atoms with Crippen LogP contribution in [-0.4, -0.2) is 93.3 Å². The molecule has 2 heterocycles. The first-order valence-corrected chi connectivity index (χ1v) is 16.4. The van der Waals surface area contributed by atoms with Crippen LogP contribution >= 0.6 is 0 Å². The Morgan fingerprint density at radius 2 is 1.36 bits per heavy atom. The molecule has 1 saturated heterocycles. The van der Waals surface area contributed by atoms with Crippen LogP contribution in [0.5, 0.6) is 0 Å². The van der Waals surface area contributed by atoms with E-state index < -0.39 is 29.7 Å². The van der Waals surface area contributed by atoms with Crippen molar-refractivity contribution >= 4 is 35.2 Å². The highest BCUT2D eigenvalue weighted by Gasteiger charge is 2.45. The highest BCUT2D eigenvalue weighted by Crippen LogP contribution is 2.32. The van der Waals surface area contributed by atoms with Gasteiger partial charge in [-0.25, -0.2) is 0 Å². The number of hydrogen-bond acceptors (Lipinski definition) is 9. The summed E-state index contributed by atoms with van der Waals surface area (Å²) in [6, 6.07) is 3.57. The Labute approximate surface area is 265 Å². The molecule has 2 aliphatic heterocycles. The zero-order chi connectivity index (χ0) is 32.3. The molecule has 1 unspecified atom stereocenters. The Bertz CT molecular complexity index is 1130. The molecule has 12 heteroatoms. The molecule has 0 spiro atoms. The van der Waals surface area contributed by atoms with Crippen molar-refractivity contribution in [1.82, 2.24) is 10.2 Å². The maximum Gasteiger partial charge on any atom is 0.264 e. The third-order valence-electron chi connectivity index (χ3n) is 7.69. The first-order valence-electron chi connectivity index (χ1n) is 16.4. The van der Waals surface area contributed by atoms with Crippen molar-refractivity contribution in [2.75, 3.05) is 58.2 Å². The van der Waals surface area contributed by atoms with Gasteiger partial charge in [0.2, 0.25) is 17.7 Å². The Hall–Kier alpha value is -3.19. The number of unbranched alkanes of at least 4 members (excludes halogenated alkanes) is 7. The van der Waals surface area contributed by atoms with Crippen LogP contribution < -0.4 is 10.6 Å². The molecule has 2 aliphatic rings. The number of imide groups is 2. The van der Waals surface area contributed by atoms with Gasteiger partial charge in [-0.15, -0.1) is 0 Å². The van der Waals surface area contributed by atoms with Gasteiger partial charge in [0.05, 0.1) is 56.5 Å². The summed E-state index contributed by atoms with van der Waals surface area (Å²) >= 11 is 0. The number of anilines is 1. The predicted octanol–water partition coefficient (Wildman–Crippen LogP) is 4.01. The number of hydrogen-bond donors (Lipinski definition) is 2. The fraction of sp³-hybridized carbons (Fsp3) is 0.667. The van der Waals surface area contributed by atoms with E-state index in [4.69, 9.17) is 18.9 Å². The van der Waals surface area contributed by atoms with Crippen LogP contribution in [0.4, 0.5) is 5.69 Å². The Kier molecular flexibility index (Phi) is 16.7. The quantitative estimate of drug-likeness (QED) is 0.127. The first-order chi connectivity index (χ1) is 21.9. The summed E-state index contributed by atoms with van der Waals surface area (Å²) in [7, 11) is 0. The zero-order valence-electron chi connectivity index (χ0n) is 26.6. The molecule has 0 aromatic heterocycles. The average Bonchev–Trinajstić information content (AvgIpc) is 3.27. The molecule has 0 saturated carbocycles. The van der Waals surface area contributed by atoms with Crippen molar-refractivity contribution in [2.24, 2.45) is 0 Å². The van der Waals surface area contributed by atoms with Gasteiger partial charge < -0.3 is 24.3 Å². The van der Waals surface area contributed by atoms with Crippen LogP contribution in [-0.2, 0) is 33.3 Å². The first kappa shape index (κ1) is 36.3. The van der Waals surface area contributed by atoms with E-state index in [9.17, 15) is 24.0 Å². The lowest BCUT2D eigenvalue weighted by Crippen LogP contribution is -2.54. The summed E-state index contributed by atoms with van der Waals surface area (Å²) in [6.07, 6.45) is 10.1. The van der Waals surface area contributed by atoms with Gasteiger partial charge >= 0.3 is 0 Å². The van der Waals surface area contributed by atoms with Crippen LogP contribution in [0.2, 0.25) is 0 Å². The number of benzene rings is 1. The van der Waals surface area contributed by atoms with Crippen molar-refractivity contribution in [3.8, 4) is 0 Å². The van der Waals surface area contributed by atoms with Crippen molar-refractivity contribution in [3.05, 3.63) is 29.3 Å². The van der Waals surface area contributed by atoms with Gasteiger partial charge in [0.25, 0.3) is 11.8 Å². The standard InChI is InChI=1S/C33H49N3O9/c1-2-3-4-5-6-9-17-42-19-21-44-23-24-45-22-20-43-18-10-7-8-14-28(37)34-26-13-11-12-25-30(26)33(41)36(32(25)40)27-15-16-29(38)35-31(27)39/h11-13,27H,2-10,14-24H2,1H3,(H,34,37)(H,35,38,39). The van der Waals surface area contributed by atoms with Gasteiger partial charge in [-0.3, -0.25) is 34.2 Å². The molecule has 1 aromatic carbocycles. The molecule has 45 heavy (non-hydrogen) atoms. The number of amides is 5. The van der Waals surface area contributed by atoms with Gasteiger partial charge in [0.1, 0.15) is 6.04 Å². The van der Waals surface area contributed by atoms with Gasteiger partial charge in [0.15, 0.2) is 0 Å². The summed E-state index contributed by atoms with van der Waals surface area (Å²) in [6.45, 7) is 6.78. The molecule has 1 atom stereocenters. The molecule has 5 amide bonds. The fourth-order valence-corrected chi connectivity index (χ4v) is 5.24. The minimum absolute atomic E-state index is 0.0393. The van der Waals surface area contributed by atoms with E-state index in [0.717, 1.165) is 30.8 Å². The number of rotatable bonds is 24. The molecule has 2 N–H and O–H groups in total. The molecule has 3 rings (SSSR count). The lowest BCUT2D eigenvalue weighted by Gasteiger charge is -2.27. The number of fused-ring (bicyclic) bond motifs is 1. The molecule has 250 valence electrons. The molecular formula is C33H49N3O9. The van der Waals surface area contributed by atoms with Crippen molar-refractivity contribution < 1.29 is 42.9 Å². The van der Waals surface area contributed by atoms with E-state index in [0.29, 0.717) is 52.7 Å². The van der Waals surface area contributed by atoms with Crippen LogP contribution in [0, 0.1) is 0 Å². The van der Waals surface area contributed by atoms with E-state index in [1.54, 1.807) is 12.1 Å². The summed E-state index contributed by atoms with van der Waals surface area (Å²) in [4.78, 5) is 63.3. The monoisotopic (exact) mass is 631 g/mol. The number of nitrogens with one attached hydrogen (secondary N) is 2. The maximum atomic E-state index is 13.1. The Morgan fingerprint density at radius 3 is 1.98 bits per heavy atom. The molecule has 0 aliphatic carbocycles.